The Morgan fingerprint density at radius 1 is 0.875 bits per heavy atom. The summed E-state index contributed by atoms with van der Waals surface area (Å²) in [6.45, 7) is 2.33. The lowest BCUT2D eigenvalue weighted by molar-refractivity contribution is 0.385. The second kappa shape index (κ2) is 7.55. The molecule has 2 aromatic carbocycles. The summed E-state index contributed by atoms with van der Waals surface area (Å²) < 4.78 is 26.7. The van der Waals surface area contributed by atoms with Gasteiger partial charge in [0.2, 0.25) is 10.0 Å². The fourth-order valence-corrected chi connectivity index (χ4v) is 4.66. The van der Waals surface area contributed by atoms with Crippen LogP contribution in [0.25, 0.3) is 0 Å². The highest BCUT2D eigenvalue weighted by Gasteiger charge is 2.27. The summed E-state index contributed by atoms with van der Waals surface area (Å²) in [6.07, 6.45) is 0.550. The molecule has 0 radical (unpaired) electrons. The molecule has 0 atom stereocenters. The molecule has 3 rings (SSSR count). The summed E-state index contributed by atoms with van der Waals surface area (Å²) in [6, 6.07) is 17.4. The molecular weight excluding hydrogens is 344 g/mol. The first-order chi connectivity index (χ1) is 11.6. The Morgan fingerprint density at radius 3 is 2.17 bits per heavy atom. The van der Waals surface area contributed by atoms with E-state index >= 15 is 0 Å². The monoisotopic (exact) mass is 364 g/mol. The molecule has 0 spiro atoms. The van der Waals surface area contributed by atoms with Crippen LogP contribution in [-0.2, 0) is 16.4 Å². The van der Waals surface area contributed by atoms with Crippen LogP contribution in [0.5, 0.6) is 0 Å². The van der Waals surface area contributed by atoms with E-state index in [1.807, 2.05) is 54.6 Å². The van der Waals surface area contributed by atoms with Crippen molar-refractivity contribution in [2.45, 2.75) is 6.42 Å². The predicted molar refractivity (Wildman–Crippen MR) is 99.2 cm³/mol. The van der Waals surface area contributed by atoms with Crippen molar-refractivity contribution in [3.63, 3.8) is 0 Å². The molecule has 1 saturated heterocycles. The van der Waals surface area contributed by atoms with Crippen molar-refractivity contribution in [3.8, 4) is 0 Å². The van der Waals surface area contributed by atoms with Crippen LogP contribution in [0, 0.1) is 0 Å². The fourth-order valence-electron chi connectivity index (χ4n) is 2.94. The van der Waals surface area contributed by atoms with E-state index in [0.29, 0.717) is 37.6 Å². The average Bonchev–Trinajstić information content (AvgIpc) is 2.62. The molecule has 1 fully saturated rings. The zero-order valence-corrected chi connectivity index (χ0v) is 15.0. The van der Waals surface area contributed by atoms with E-state index in [2.05, 4.69) is 4.90 Å². The largest absolute Gasteiger partial charge is 0.368 e. The minimum Gasteiger partial charge on any atom is -0.368 e. The van der Waals surface area contributed by atoms with E-state index in [4.69, 9.17) is 11.6 Å². The maximum atomic E-state index is 12.6. The number of para-hydroxylation sites is 1. The molecule has 0 aliphatic carbocycles. The fraction of sp³-hybridized carbons (Fsp3) is 0.333. The van der Waals surface area contributed by atoms with Crippen LogP contribution in [0.1, 0.15) is 5.56 Å². The Bertz CT molecular complexity index is 773. The van der Waals surface area contributed by atoms with Crippen molar-refractivity contribution in [2.24, 2.45) is 0 Å². The van der Waals surface area contributed by atoms with Gasteiger partial charge in [0.15, 0.2) is 0 Å². The van der Waals surface area contributed by atoms with Gasteiger partial charge < -0.3 is 4.90 Å². The Balaban J connectivity index is 1.58. The number of halogens is 1. The molecule has 1 aliphatic heterocycles. The maximum absolute atomic E-state index is 12.6. The lowest BCUT2D eigenvalue weighted by Gasteiger charge is -2.35. The first-order valence-electron chi connectivity index (χ1n) is 8.07. The number of hydrogen-bond acceptors (Lipinski definition) is 3. The van der Waals surface area contributed by atoms with Gasteiger partial charge in [-0.3, -0.25) is 0 Å². The van der Waals surface area contributed by atoms with Crippen molar-refractivity contribution >= 4 is 27.3 Å². The van der Waals surface area contributed by atoms with Crippen molar-refractivity contribution in [1.29, 1.82) is 0 Å². The molecule has 0 N–H and O–H groups in total. The molecule has 24 heavy (non-hydrogen) atoms. The molecule has 1 aliphatic rings. The van der Waals surface area contributed by atoms with Crippen LogP contribution in [0.2, 0.25) is 5.02 Å². The number of aryl methyl sites for hydroxylation is 1. The second-order valence-corrected chi connectivity index (χ2v) is 8.38. The maximum Gasteiger partial charge on any atom is 0.214 e. The van der Waals surface area contributed by atoms with Crippen molar-refractivity contribution in [1.82, 2.24) is 4.31 Å². The number of rotatable bonds is 5. The molecule has 4 nitrogen and oxygen atoms in total. The first-order valence-corrected chi connectivity index (χ1v) is 10.1. The van der Waals surface area contributed by atoms with E-state index < -0.39 is 10.0 Å². The highest BCUT2D eigenvalue weighted by Crippen LogP contribution is 2.26. The summed E-state index contributed by atoms with van der Waals surface area (Å²) in [7, 11) is -3.22. The van der Waals surface area contributed by atoms with E-state index in [0.717, 1.165) is 11.3 Å². The van der Waals surface area contributed by atoms with Crippen LogP contribution in [0.4, 0.5) is 5.69 Å². The molecule has 2 aromatic rings. The third-order valence-corrected chi connectivity index (χ3v) is 6.51. The number of benzene rings is 2. The normalized spacial score (nSPS) is 16.3. The minimum atomic E-state index is -3.22. The van der Waals surface area contributed by atoms with Gasteiger partial charge >= 0.3 is 0 Å². The standard InChI is InChI=1S/C18H21ClN2O2S/c19-17-8-4-5-9-18(17)20-11-13-21(14-12-20)24(22,23)15-10-16-6-2-1-3-7-16/h1-9H,10-15H2. The second-order valence-electron chi connectivity index (χ2n) is 5.89. The van der Waals surface area contributed by atoms with Gasteiger partial charge in [0.25, 0.3) is 0 Å². The lowest BCUT2D eigenvalue weighted by atomic mass is 10.2. The van der Waals surface area contributed by atoms with Crippen molar-refractivity contribution in [3.05, 3.63) is 65.2 Å². The third kappa shape index (κ3) is 4.09. The molecule has 0 unspecified atom stereocenters. The molecule has 0 saturated carbocycles. The topological polar surface area (TPSA) is 40.6 Å². The quantitative estimate of drug-likeness (QED) is 0.818. The SMILES string of the molecule is O=S(=O)(CCc1ccccc1)N1CCN(c2ccccc2Cl)CC1. The van der Waals surface area contributed by atoms with Gasteiger partial charge in [-0.15, -0.1) is 0 Å². The van der Waals surface area contributed by atoms with Crippen molar-refractivity contribution in [2.75, 3.05) is 36.8 Å². The highest BCUT2D eigenvalue weighted by atomic mass is 35.5. The molecule has 0 bridgehead atoms. The average molecular weight is 365 g/mol. The molecule has 1 heterocycles. The third-order valence-electron chi connectivity index (χ3n) is 4.32. The van der Waals surface area contributed by atoms with Crippen LogP contribution < -0.4 is 4.90 Å². The Labute approximate surface area is 148 Å². The molecule has 0 amide bonds. The van der Waals surface area contributed by atoms with Gasteiger partial charge in [0.1, 0.15) is 0 Å². The molecular formula is C18H21ClN2O2S. The summed E-state index contributed by atoms with van der Waals surface area (Å²) in [5.74, 6) is 0.156. The van der Waals surface area contributed by atoms with Gasteiger partial charge in [-0.2, -0.15) is 4.31 Å². The van der Waals surface area contributed by atoms with Crippen LogP contribution in [0.3, 0.4) is 0 Å². The number of sulfonamides is 1. The molecule has 0 aromatic heterocycles. The van der Waals surface area contributed by atoms with Crippen molar-refractivity contribution < 1.29 is 8.42 Å². The Kier molecular flexibility index (Phi) is 5.43. The highest BCUT2D eigenvalue weighted by molar-refractivity contribution is 7.89. The Morgan fingerprint density at radius 2 is 1.50 bits per heavy atom. The number of piperazine rings is 1. The Hall–Kier alpha value is -1.56. The summed E-state index contributed by atoms with van der Waals surface area (Å²) >= 11 is 6.23. The first kappa shape index (κ1) is 17.3. The van der Waals surface area contributed by atoms with Gasteiger partial charge in [-0.25, -0.2) is 8.42 Å². The number of nitrogens with zero attached hydrogens (tertiary/aromatic N) is 2. The lowest BCUT2D eigenvalue weighted by Crippen LogP contribution is -2.49. The smallest absolute Gasteiger partial charge is 0.214 e. The van der Waals surface area contributed by atoms with Crippen LogP contribution in [0.15, 0.2) is 54.6 Å². The van der Waals surface area contributed by atoms with Gasteiger partial charge in [-0.05, 0) is 24.1 Å². The van der Waals surface area contributed by atoms with E-state index in [1.165, 1.54) is 0 Å². The van der Waals surface area contributed by atoms with Gasteiger partial charge in [0, 0.05) is 26.2 Å². The number of hydrogen-bond donors (Lipinski definition) is 0. The molecule has 128 valence electrons. The predicted octanol–water partition coefficient (Wildman–Crippen LogP) is 3.03. The van der Waals surface area contributed by atoms with Gasteiger partial charge in [0.05, 0.1) is 16.5 Å². The minimum absolute atomic E-state index is 0.156. The van der Waals surface area contributed by atoms with E-state index in [9.17, 15) is 8.42 Å². The summed E-state index contributed by atoms with van der Waals surface area (Å²) in [5, 5.41) is 0.706. The van der Waals surface area contributed by atoms with E-state index in [-0.39, 0.29) is 5.75 Å². The number of anilines is 1. The van der Waals surface area contributed by atoms with Crippen LogP contribution in [-0.4, -0.2) is 44.7 Å². The zero-order valence-electron chi connectivity index (χ0n) is 13.4. The zero-order chi connectivity index (χ0) is 17.0. The summed E-state index contributed by atoms with van der Waals surface area (Å²) in [5.41, 5.74) is 2.02. The molecule has 6 heteroatoms. The van der Waals surface area contributed by atoms with Crippen LogP contribution >= 0.6 is 11.6 Å². The van der Waals surface area contributed by atoms with E-state index in [1.54, 1.807) is 4.31 Å². The summed E-state index contributed by atoms with van der Waals surface area (Å²) in [4.78, 5) is 2.14. The van der Waals surface area contributed by atoms with Gasteiger partial charge in [-0.1, -0.05) is 54.1 Å².